The van der Waals surface area contributed by atoms with Crippen LogP contribution >= 0.6 is 0 Å². The summed E-state index contributed by atoms with van der Waals surface area (Å²) >= 11 is 0. The van der Waals surface area contributed by atoms with Crippen molar-refractivity contribution in [1.29, 1.82) is 0 Å². The van der Waals surface area contributed by atoms with E-state index in [-0.39, 0.29) is 6.04 Å². The van der Waals surface area contributed by atoms with E-state index < -0.39 is 0 Å². The standard InChI is InChI=1S/C16H29N5/c1-12(17)10-15-13(2)18-19(3)16(15)21-9-6-14(11-21)20-7-4-5-8-20/h12,14H,4-11,17H2,1-3H3. The Hall–Kier alpha value is -1.07. The van der Waals surface area contributed by atoms with Gasteiger partial charge in [0.2, 0.25) is 0 Å². The summed E-state index contributed by atoms with van der Waals surface area (Å²) in [6, 6.07) is 0.912. The minimum absolute atomic E-state index is 0.184. The van der Waals surface area contributed by atoms with Gasteiger partial charge in [0.1, 0.15) is 5.82 Å². The first-order valence-corrected chi connectivity index (χ1v) is 8.33. The molecule has 0 aromatic carbocycles. The quantitative estimate of drug-likeness (QED) is 0.908. The third-order valence-electron chi connectivity index (χ3n) is 4.96. The molecule has 118 valence electrons. The van der Waals surface area contributed by atoms with Gasteiger partial charge in [0, 0.05) is 37.8 Å². The first-order valence-electron chi connectivity index (χ1n) is 8.33. The maximum Gasteiger partial charge on any atom is 0.130 e. The van der Waals surface area contributed by atoms with E-state index in [0.717, 1.165) is 31.2 Å². The van der Waals surface area contributed by atoms with Crippen LogP contribution in [0.2, 0.25) is 0 Å². The van der Waals surface area contributed by atoms with E-state index in [4.69, 9.17) is 5.73 Å². The van der Waals surface area contributed by atoms with Gasteiger partial charge in [-0.3, -0.25) is 9.58 Å². The maximum absolute atomic E-state index is 6.03. The molecular formula is C16H29N5. The second-order valence-corrected chi connectivity index (χ2v) is 6.82. The fourth-order valence-electron chi connectivity index (χ4n) is 3.99. The normalized spacial score (nSPS) is 25.0. The molecule has 1 aromatic rings. The summed E-state index contributed by atoms with van der Waals surface area (Å²) in [6.07, 6.45) is 4.94. The Balaban J connectivity index is 1.77. The molecule has 5 nitrogen and oxygen atoms in total. The van der Waals surface area contributed by atoms with Crippen molar-refractivity contribution >= 4 is 5.82 Å². The van der Waals surface area contributed by atoms with E-state index in [1.807, 2.05) is 0 Å². The average Bonchev–Trinajstić information content (AvgIpc) is 3.10. The first kappa shape index (κ1) is 14.9. The number of nitrogens with two attached hydrogens (primary N) is 1. The van der Waals surface area contributed by atoms with Crippen molar-refractivity contribution in [2.75, 3.05) is 31.1 Å². The van der Waals surface area contributed by atoms with Crippen molar-refractivity contribution in [1.82, 2.24) is 14.7 Å². The largest absolute Gasteiger partial charge is 0.355 e. The van der Waals surface area contributed by atoms with Gasteiger partial charge in [-0.05, 0) is 52.6 Å². The van der Waals surface area contributed by atoms with Crippen molar-refractivity contribution in [3.8, 4) is 0 Å². The average molecular weight is 291 g/mol. The zero-order valence-corrected chi connectivity index (χ0v) is 13.7. The van der Waals surface area contributed by atoms with Gasteiger partial charge in [-0.2, -0.15) is 5.10 Å². The van der Waals surface area contributed by atoms with Gasteiger partial charge in [-0.1, -0.05) is 0 Å². The summed E-state index contributed by atoms with van der Waals surface area (Å²) in [5.74, 6) is 1.30. The second kappa shape index (κ2) is 5.97. The van der Waals surface area contributed by atoms with Crippen LogP contribution in [-0.2, 0) is 13.5 Å². The second-order valence-electron chi connectivity index (χ2n) is 6.82. The van der Waals surface area contributed by atoms with Crippen LogP contribution in [0.15, 0.2) is 0 Å². The molecule has 0 bridgehead atoms. The molecule has 2 unspecified atom stereocenters. The number of nitrogens with zero attached hydrogens (tertiary/aromatic N) is 4. The molecular weight excluding hydrogens is 262 g/mol. The Morgan fingerprint density at radius 2 is 2.00 bits per heavy atom. The van der Waals surface area contributed by atoms with Gasteiger partial charge >= 0.3 is 0 Å². The van der Waals surface area contributed by atoms with Crippen LogP contribution in [0.3, 0.4) is 0 Å². The van der Waals surface area contributed by atoms with E-state index in [2.05, 4.69) is 40.5 Å². The fraction of sp³-hybridized carbons (Fsp3) is 0.812. The lowest BCUT2D eigenvalue weighted by atomic mass is 10.1. The number of aryl methyl sites for hydroxylation is 2. The van der Waals surface area contributed by atoms with E-state index in [1.165, 1.54) is 43.7 Å². The molecule has 3 rings (SSSR count). The molecule has 21 heavy (non-hydrogen) atoms. The van der Waals surface area contributed by atoms with Gasteiger partial charge in [0.25, 0.3) is 0 Å². The van der Waals surface area contributed by atoms with Gasteiger partial charge in [0.15, 0.2) is 0 Å². The summed E-state index contributed by atoms with van der Waals surface area (Å²) < 4.78 is 2.05. The highest BCUT2D eigenvalue weighted by atomic mass is 15.4. The first-order chi connectivity index (χ1) is 10.1. The highest BCUT2D eigenvalue weighted by Gasteiger charge is 2.32. The lowest BCUT2D eigenvalue weighted by molar-refractivity contribution is 0.260. The third kappa shape index (κ3) is 2.94. The van der Waals surface area contributed by atoms with E-state index >= 15 is 0 Å². The van der Waals surface area contributed by atoms with Gasteiger partial charge < -0.3 is 10.6 Å². The fourth-order valence-corrected chi connectivity index (χ4v) is 3.99. The molecule has 0 radical (unpaired) electrons. The van der Waals surface area contributed by atoms with Crippen LogP contribution in [0.25, 0.3) is 0 Å². The monoisotopic (exact) mass is 291 g/mol. The minimum Gasteiger partial charge on any atom is -0.355 e. The Kier molecular flexibility index (Phi) is 4.22. The zero-order valence-electron chi connectivity index (χ0n) is 13.7. The summed E-state index contributed by atoms with van der Waals surface area (Å²) in [4.78, 5) is 5.20. The highest BCUT2D eigenvalue weighted by Crippen LogP contribution is 2.30. The zero-order chi connectivity index (χ0) is 15.0. The SMILES string of the molecule is Cc1nn(C)c(N2CCC(N3CCCC3)C2)c1CC(C)N. The van der Waals surface area contributed by atoms with Crippen LogP contribution < -0.4 is 10.6 Å². The lowest BCUT2D eigenvalue weighted by Crippen LogP contribution is -2.36. The Bertz CT molecular complexity index is 487. The van der Waals surface area contributed by atoms with Crippen molar-refractivity contribution in [2.24, 2.45) is 12.8 Å². The van der Waals surface area contributed by atoms with Gasteiger partial charge in [-0.15, -0.1) is 0 Å². The Morgan fingerprint density at radius 1 is 1.29 bits per heavy atom. The molecule has 2 aliphatic heterocycles. The molecule has 0 amide bonds. The molecule has 0 saturated carbocycles. The molecule has 5 heteroatoms. The number of aromatic nitrogens is 2. The Labute approximate surface area is 128 Å². The topological polar surface area (TPSA) is 50.3 Å². The van der Waals surface area contributed by atoms with Crippen LogP contribution in [-0.4, -0.2) is 52.9 Å². The van der Waals surface area contributed by atoms with Crippen molar-refractivity contribution in [3.63, 3.8) is 0 Å². The van der Waals surface area contributed by atoms with Crippen LogP contribution in [0, 0.1) is 6.92 Å². The molecule has 0 spiro atoms. The Morgan fingerprint density at radius 3 is 2.67 bits per heavy atom. The summed E-state index contributed by atoms with van der Waals surface area (Å²) in [5.41, 5.74) is 8.51. The summed E-state index contributed by atoms with van der Waals surface area (Å²) in [6.45, 7) is 9.05. The predicted octanol–water partition coefficient (Wildman–Crippen LogP) is 1.29. The third-order valence-corrected chi connectivity index (χ3v) is 4.96. The number of hydrogen-bond acceptors (Lipinski definition) is 4. The highest BCUT2D eigenvalue weighted by molar-refractivity contribution is 5.51. The smallest absolute Gasteiger partial charge is 0.130 e. The van der Waals surface area contributed by atoms with E-state index in [1.54, 1.807) is 0 Å². The predicted molar refractivity (Wildman–Crippen MR) is 86.7 cm³/mol. The van der Waals surface area contributed by atoms with Gasteiger partial charge in [-0.25, -0.2) is 0 Å². The lowest BCUT2D eigenvalue weighted by Gasteiger charge is -2.25. The van der Waals surface area contributed by atoms with Crippen molar-refractivity contribution in [2.45, 2.75) is 51.6 Å². The minimum atomic E-state index is 0.184. The molecule has 0 aliphatic carbocycles. The molecule has 2 fully saturated rings. The van der Waals surface area contributed by atoms with Crippen molar-refractivity contribution < 1.29 is 0 Å². The van der Waals surface area contributed by atoms with Crippen LogP contribution in [0.4, 0.5) is 5.82 Å². The summed E-state index contributed by atoms with van der Waals surface area (Å²) in [7, 11) is 2.07. The maximum atomic E-state index is 6.03. The van der Waals surface area contributed by atoms with E-state index in [9.17, 15) is 0 Å². The van der Waals surface area contributed by atoms with E-state index in [0.29, 0.717) is 0 Å². The van der Waals surface area contributed by atoms with Gasteiger partial charge in [0.05, 0.1) is 5.69 Å². The number of anilines is 1. The molecule has 2 N–H and O–H groups in total. The molecule has 2 saturated heterocycles. The molecule has 3 heterocycles. The number of rotatable bonds is 4. The molecule has 1 aromatic heterocycles. The summed E-state index contributed by atoms with van der Waals surface area (Å²) in [5, 5.41) is 4.64. The molecule has 2 aliphatic rings. The number of likely N-dealkylation sites (tertiary alicyclic amines) is 1. The van der Waals surface area contributed by atoms with Crippen LogP contribution in [0.1, 0.15) is 37.4 Å². The number of hydrogen-bond donors (Lipinski definition) is 1. The van der Waals surface area contributed by atoms with Crippen LogP contribution in [0.5, 0.6) is 0 Å². The van der Waals surface area contributed by atoms with Crippen molar-refractivity contribution in [3.05, 3.63) is 11.3 Å². The molecule has 2 atom stereocenters.